The third kappa shape index (κ3) is 4.22. The summed E-state index contributed by atoms with van der Waals surface area (Å²) in [6.45, 7) is 6.16. The van der Waals surface area contributed by atoms with E-state index in [0.29, 0.717) is 25.3 Å². The van der Waals surface area contributed by atoms with Gasteiger partial charge in [-0.1, -0.05) is 20.3 Å². The fourth-order valence-corrected chi connectivity index (χ4v) is 5.30. The van der Waals surface area contributed by atoms with E-state index in [4.69, 9.17) is 0 Å². The van der Waals surface area contributed by atoms with E-state index in [2.05, 4.69) is 6.92 Å². The van der Waals surface area contributed by atoms with Gasteiger partial charge in [0.15, 0.2) is 0 Å². The summed E-state index contributed by atoms with van der Waals surface area (Å²) in [5.41, 5.74) is 0. The van der Waals surface area contributed by atoms with Crippen LogP contribution in [0.25, 0.3) is 0 Å². The first kappa shape index (κ1) is 17.7. The lowest BCUT2D eigenvalue weighted by molar-refractivity contribution is -0.136. The lowest BCUT2D eigenvalue weighted by Gasteiger charge is -2.36. The summed E-state index contributed by atoms with van der Waals surface area (Å²) >= 11 is 0. The van der Waals surface area contributed by atoms with Crippen molar-refractivity contribution in [3.8, 4) is 0 Å². The summed E-state index contributed by atoms with van der Waals surface area (Å²) in [4.78, 5) is 14.8. The van der Waals surface area contributed by atoms with Crippen LogP contribution in [0.2, 0.25) is 0 Å². The summed E-state index contributed by atoms with van der Waals surface area (Å²) in [5, 5.41) is 0. The van der Waals surface area contributed by atoms with Crippen molar-refractivity contribution in [1.29, 1.82) is 0 Å². The second kappa shape index (κ2) is 7.77. The Morgan fingerprint density at radius 1 is 1.05 bits per heavy atom. The standard InChI is InChI=1S/C16H30N2O3S/c1-3-13-22(20,21)18-11-5-4-8-15(18)16(19)17-10-6-7-14(2)9-12-17/h14-15H,3-13H2,1-2H3. The zero-order valence-electron chi connectivity index (χ0n) is 14.0. The van der Waals surface area contributed by atoms with E-state index < -0.39 is 16.1 Å². The second-order valence-electron chi connectivity index (χ2n) is 6.80. The molecule has 0 aromatic heterocycles. The average molecular weight is 330 g/mol. The Morgan fingerprint density at radius 2 is 1.82 bits per heavy atom. The van der Waals surface area contributed by atoms with E-state index in [1.54, 1.807) is 0 Å². The largest absolute Gasteiger partial charge is 0.341 e. The molecule has 22 heavy (non-hydrogen) atoms. The molecule has 2 atom stereocenters. The van der Waals surface area contributed by atoms with Crippen molar-refractivity contribution in [1.82, 2.24) is 9.21 Å². The molecule has 1 amide bonds. The van der Waals surface area contributed by atoms with Crippen molar-refractivity contribution in [2.24, 2.45) is 5.92 Å². The molecular formula is C16H30N2O3S. The number of nitrogens with zero attached hydrogens (tertiary/aromatic N) is 2. The van der Waals surface area contributed by atoms with Gasteiger partial charge in [-0.25, -0.2) is 8.42 Å². The van der Waals surface area contributed by atoms with Gasteiger partial charge in [0, 0.05) is 19.6 Å². The topological polar surface area (TPSA) is 57.7 Å². The molecule has 2 heterocycles. The molecule has 128 valence electrons. The summed E-state index contributed by atoms with van der Waals surface area (Å²) in [7, 11) is -3.30. The molecule has 0 bridgehead atoms. The summed E-state index contributed by atoms with van der Waals surface area (Å²) < 4.78 is 26.4. The van der Waals surface area contributed by atoms with E-state index in [-0.39, 0.29) is 11.7 Å². The molecule has 2 aliphatic heterocycles. The number of piperidine rings is 1. The van der Waals surface area contributed by atoms with Crippen molar-refractivity contribution in [2.45, 2.75) is 64.8 Å². The molecule has 2 rings (SSSR count). The first-order chi connectivity index (χ1) is 10.5. The van der Waals surface area contributed by atoms with Crippen molar-refractivity contribution < 1.29 is 13.2 Å². The number of sulfonamides is 1. The van der Waals surface area contributed by atoms with E-state index in [1.165, 1.54) is 4.31 Å². The van der Waals surface area contributed by atoms with Crippen molar-refractivity contribution in [3.05, 3.63) is 0 Å². The van der Waals surface area contributed by atoms with Gasteiger partial charge in [-0.15, -0.1) is 0 Å². The maximum atomic E-state index is 12.9. The highest BCUT2D eigenvalue weighted by molar-refractivity contribution is 7.89. The van der Waals surface area contributed by atoms with E-state index in [1.807, 2.05) is 11.8 Å². The Balaban J connectivity index is 2.11. The fraction of sp³-hybridized carbons (Fsp3) is 0.938. The van der Waals surface area contributed by atoms with Gasteiger partial charge in [0.2, 0.25) is 15.9 Å². The molecule has 0 spiro atoms. The number of hydrogen-bond donors (Lipinski definition) is 0. The van der Waals surface area contributed by atoms with E-state index in [0.717, 1.165) is 45.2 Å². The maximum Gasteiger partial charge on any atom is 0.241 e. The molecular weight excluding hydrogens is 300 g/mol. The van der Waals surface area contributed by atoms with Gasteiger partial charge in [-0.3, -0.25) is 4.79 Å². The van der Waals surface area contributed by atoms with Crippen LogP contribution in [-0.2, 0) is 14.8 Å². The zero-order valence-corrected chi connectivity index (χ0v) is 14.8. The minimum Gasteiger partial charge on any atom is -0.341 e. The molecule has 0 saturated carbocycles. The molecule has 6 heteroatoms. The van der Waals surface area contributed by atoms with Gasteiger partial charge in [-0.05, 0) is 44.4 Å². The van der Waals surface area contributed by atoms with Gasteiger partial charge in [0.1, 0.15) is 6.04 Å². The van der Waals surface area contributed by atoms with Crippen LogP contribution in [0.15, 0.2) is 0 Å². The number of amides is 1. The minimum absolute atomic E-state index is 0.0356. The molecule has 0 aromatic carbocycles. The highest BCUT2D eigenvalue weighted by Gasteiger charge is 2.38. The second-order valence-corrected chi connectivity index (χ2v) is 8.84. The Morgan fingerprint density at radius 3 is 2.55 bits per heavy atom. The molecule has 2 aliphatic rings. The summed E-state index contributed by atoms with van der Waals surface area (Å²) in [6.07, 6.45) is 6.30. The van der Waals surface area contributed by atoms with Gasteiger partial charge >= 0.3 is 0 Å². The quantitative estimate of drug-likeness (QED) is 0.794. The molecule has 0 N–H and O–H groups in total. The molecule has 0 aliphatic carbocycles. The SMILES string of the molecule is CCCS(=O)(=O)N1CCCCC1C(=O)N1CCCC(C)CC1. The Hall–Kier alpha value is -0.620. The van der Waals surface area contributed by atoms with Gasteiger partial charge in [0.05, 0.1) is 5.75 Å². The van der Waals surface area contributed by atoms with Crippen molar-refractivity contribution in [3.63, 3.8) is 0 Å². The van der Waals surface area contributed by atoms with Gasteiger partial charge in [-0.2, -0.15) is 4.31 Å². The van der Waals surface area contributed by atoms with Crippen molar-refractivity contribution in [2.75, 3.05) is 25.4 Å². The van der Waals surface area contributed by atoms with Crippen LogP contribution >= 0.6 is 0 Å². The van der Waals surface area contributed by atoms with Crippen LogP contribution in [-0.4, -0.2) is 55.0 Å². The van der Waals surface area contributed by atoms with Crippen LogP contribution in [0.1, 0.15) is 58.8 Å². The monoisotopic (exact) mass is 330 g/mol. The number of rotatable bonds is 4. The fourth-order valence-electron chi connectivity index (χ4n) is 3.55. The lowest BCUT2D eigenvalue weighted by atomic mass is 10.0. The molecule has 2 fully saturated rings. The molecule has 2 unspecified atom stereocenters. The van der Waals surface area contributed by atoms with E-state index >= 15 is 0 Å². The van der Waals surface area contributed by atoms with Crippen LogP contribution < -0.4 is 0 Å². The van der Waals surface area contributed by atoms with Crippen molar-refractivity contribution >= 4 is 15.9 Å². The minimum atomic E-state index is -3.30. The third-order valence-electron chi connectivity index (χ3n) is 4.89. The zero-order chi connectivity index (χ0) is 16.2. The highest BCUT2D eigenvalue weighted by Crippen LogP contribution is 2.25. The molecule has 0 radical (unpaired) electrons. The van der Waals surface area contributed by atoms with Crippen LogP contribution in [0, 0.1) is 5.92 Å². The number of carbonyl (C=O) groups excluding carboxylic acids is 1. The predicted molar refractivity (Wildman–Crippen MR) is 88.0 cm³/mol. The maximum absolute atomic E-state index is 12.9. The number of hydrogen-bond acceptors (Lipinski definition) is 3. The third-order valence-corrected chi connectivity index (χ3v) is 6.96. The summed E-state index contributed by atoms with van der Waals surface area (Å²) in [6, 6.07) is -0.460. The van der Waals surface area contributed by atoms with Gasteiger partial charge in [0.25, 0.3) is 0 Å². The molecule has 0 aromatic rings. The van der Waals surface area contributed by atoms with Crippen LogP contribution in [0.4, 0.5) is 0 Å². The average Bonchev–Trinajstić information content (AvgIpc) is 2.71. The van der Waals surface area contributed by atoms with Crippen LogP contribution in [0.3, 0.4) is 0 Å². The smallest absolute Gasteiger partial charge is 0.241 e. The lowest BCUT2D eigenvalue weighted by Crippen LogP contribution is -2.53. The Kier molecular flexibility index (Phi) is 6.26. The summed E-state index contributed by atoms with van der Waals surface area (Å²) in [5.74, 6) is 0.839. The number of likely N-dealkylation sites (tertiary alicyclic amines) is 1. The number of carbonyl (C=O) groups is 1. The first-order valence-electron chi connectivity index (χ1n) is 8.74. The Labute approximate surface area is 135 Å². The van der Waals surface area contributed by atoms with Crippen LogP contribution in [0.5, 0.6) is 0 Å². The molecule has 2 saturated heterocycles. The normalized spacial score (nSPS) is 28.4. The highest BCUT2D eigenvalue weighted by atomic mass is 32.2. The molecule has 5 nitrogen and oxygen atoms in total. The van der Waals surface area contributed by atoms with Gasteiger partial charge < -0.3 is 4.90 Å². The predicted octanol–water partition coefficient (Wildman–Crippen LogP) is 2.23. The van der Waals surface area contributed by atoms with E-state index in [9.17, 15) is 13.2 Å². The Bertz CT molecular complexity index is 478. The first-order valence-corrected chi connectivity index (χ1v) is 10.3.